The van der Waals surface area contributed by atoms with Crippen molar-refractivity contribution in [3.8, 4) is 0 Å². The fourth-order valence-corrected chi connectivity index (χ4v) is 2.81. The Kier molecular flexibility index (Phi) is 3.67. The van der Waals surface area contributed by atoms with Crippen molar-refractivity contribution in [3.63, 3.8) is 0 Å². The summed E-state index contributed by atoms with van der Waals surface area (Å²) in [4.78, 5) is 12.4. The zero-order chi connectivity index (χ0) is 12.1. The summed E-state index contributed by atoms with van der Waals surface area (Å²) in [6.45, 7) is 0. The smallest absolute Gasteiger partial charge is 0.447 e. The van der Waals surface area contributed by atoms with Gasteiger partial charge in [-0.3, -0.25) is 0 Å². The maximum Gasteiger partial charge on any atom is 0.554 e. The van der Waals surface area contributed by atoms with Crippen LogP contribution < -0.4 is 0 Å². The average molecular weight is 247 g/mol. The first-order chi connectivity index (χ1) is 8.27. The van der Waals surface area contributed by atoms with Gasteiger partial charge in [0.15, 0.2) is 0 Å². The van der Waals surface area contributed by atoms with Gasteiger partial charge in [0.2, 0.25) is 9.79 Å². The van der Waals surface area contributed by atoms with Crippen molar-refractivity contribution in [2.75, 3.05) is 0 Å². The minimum Gasteiger partial charge on any atom is -0.447 e. The molecule has 0 aromatic heterocycles. The molecule has 0 aliphatic rings. The van der Waals surface area contributed by atoms with E-state index in [0.29, 0.717) is 0 Å². The molecule has 2 aromatic carbocycles. The Bertz CT molecular complexity index is 445. The quantitative estimate of drug-likeness (QED) is 0.846. The highest BCUT2D eigenvalue weighted by molar-refractivity contribution is 7.92. The molecule has 2 rings (SSSR count). The summed E-state index contributed by atoms with van der Waals surface area (Å²) in [5, 5.41) is 8.79. The lowest BCUT2D eigenvalue weighted by Crippen LogP contribution is -2.12. The molecular weight excluding hydrogens is 236 g/mol. The fourth-order valence-electron chi connectivity index (χ4n) is 1.39. The molecule has 0 atom stereocenters. The molecule has 0 fully saturated rings. The van der Waals surface area contributed by atoms with Gasteiger partial charge in [-0.1, -0.05) is 36.4 Å². The molecule has 0 aliphatic carbocycles. The van der Waals surface area contributed by atoms with Crippen molar-refractivity contribution in [3.05, 3.63) is 60.7 Å². The minimum atomic E-state index is -1.26. The fraction of sp³-hybridized carbons (Fsp3) is 0. The molecule has 0 unspecified atom stereocenters. The van der Waals surface area contributed by atoms with Crippen molar-refractivity contribution < 1.29 is 14.1 Å². The van der Waals surface area contributed by atoms with Crippen LogP contribution in [0.1, 0.15) is 0 Å². The zero-order valence-corrected chi connectivity index (χ0v) is 9.76. The highest BCUT2D eigenvalue weighted by Gasteiger charge is 2.31. The van der Waals surface area contributed by atoms with E-state index in [2.05, 4.69) is 0 Å². The Labute approximate surface area is 102 Å². The highest BCUT2D eigenvalue weighted by Crippen LogP contribution is 2.24. The van der Waals surface area contributed by atoms with Crippen LogP contribution >= 0.6 is 0 Å². The Morgan fingerprint density at radius 2 is 1.29 bits per heavy atom. The predicted octanol–water partition coefficient (Wildman–Crippen LogP) is 3.33. The van der Waals surface area contributed by atoms with Crippen LogP contribution in [0.5, 0.6) is 0 Å². The van der Waals surface area contributed by atoms with Gasteiger partial charge in [-0.05, 0) is 24.3 Å². The molecule has 0 bridgehead atoms. The van der Waals surface area contributed by atoms with Gasteiger partial charge in [0.1, 0.15) is 0 Å². The molecule has 0 radical (unpaired) electrons. The summed E-state index contributed by atoms with van der Waals surface area (Å²) in [5.41, 5.74) is 0. The molecule has 86 valence electrons. The molecule has 0 spiro atoms. The predicted molar refractivity (Wildman–Crippen MR) is 65.9 cm³/mol. The molecule has 0 amide bonds. The topological polar surface area (TPSA) is 46.5 Å². The maximum absolute atomic E-state index is 10.7. The van der Waals surface area contributed by atoms with E-state index in [4.69, 9.17) is 9.29 Å². The second-order valence-electron chi connectivity index (χ2n) is 3.24. The molecule has 0 saturated heterocycles. The lowest BCUT2D eigenvalue weighted by molar-refractivity contribution is 0.151. The Balaban J connectivity index is 2.36. The van der Waals surface area contributed by atoms with E-state index >= 15 is 0 Å². The zero-order valence-electron chi connectivity index (χ0n) is 8.95. The maximum atomic E-state index is 10.7. The highest BCUT2D eigenvalue weighted by atomic mass is 32.2. The van der Waals surface area contributed by atoms with E-state index < -0.39 is 17.3 Å². The lowest BCUT2D eigenvalue weighted by atomic mass is 10.4. The van der Waals surface area contributed by atoms with Gasteiger partial charge in [-0.2, -0.15) is 8.98 Å². The number of benzene rings is 2. The van der Waals surface area contributed by atoms with Crippen LogP contribution in [0.25, 0.3) is 0 Å². The molecular formula is C13H11O3S+. The largest absolute Gasteiger partial charge is 0.554 e. The first-order valence-corrected chi connectivity index (χ1v) is 6.18. The van der Waals surface area contributed by atoms with E-state index in [1.807, 2.05) is 60.7 Å². The van der Waals surface area contributed by atoms with Gasteiger partial charge in [0.05, 0.1) is 0 Å². The average Bonchev–Trinajstić information content (AvgIpc) is 2.38. The Morgan fingerprint density at radius 1 is 0.882 bits per heavy atom. The van der Waals surface area contributed by atoms with Gasteiger partial charge in [0, 0.05) is 0 Å². The van der Waals surface area contributed by atoms with Crippen LogP contribution in [-0.4, -0.2) is 11.3 Å². The first-order valence-electron chi connectivity index (χ1n) is 5.03. The third-order valence-corrected chi connectivity index (χ3v) is 3.78. The monoisotopic (exact) mass is 247 g/mol. The van der Waals surface area contributed by atoms with Crippen LogP contribution in [0.4, 0.5) is 4.79 Å². The van der Waals surface area contributed by atoms with E-state index in [9.17, 15) is 4.79 Å². The molecule has 2 aromatic rings. The van der Waals surface area contributed by atoms with Gasteiger partial charge >= 0.3 is 6.16 Å². The van der Waals surface area contributed by atoms with Crippen molar-refractivity contribution in [2.45, 2.75) is 9.79 Å². The van der Waals surface area contributed by atoms with Gasteiger partial charge in [-0.15, -0.1) is 0 Å². The van der Waals surface area contributed by atoms with E-state index in [-0.39, 0.29) is 0 Å². The number of carbonyl (C=O) groups is 1. The third kappa shape index (κ3) is 3.01. The van der Waals surface area contributed by atoms with Crippen molar-refractivity contribution in [2.24, 2.45) is 0 Å². The first kappa shape index (κ1) is 11.5. The summed E-state index contributed by atoms with van der Waals surface area (Å²) in [5.74, 6) is 0. The summed E-state index contributed by atoms with van der Waals surface area (Å²) in [7, 11) is 0. The minimum absolute atomic E-state index is 0.848. The van der Waals surface area contributed by atoms with Gasteiger partial charge in [0.25, 0.3) is 11.2 Å². The number of rotatable bonds is 3. The van der Waals surface area contributed by atoms with Gasteiger partial charge < -0.3 is 5.11 Å². The molecule has 3 nitrogen and oxygen atoms in total. The summed E-state index contributed by atoms with van der Waals surface area (Å²) in [6, 6.07) is 18.7. The van der Waals surface area contributed by atoms with E-state index in [1.54, 1.807) is 0 Å². The molecule has 1 N–H and O–H groups in total. The van der Waals surface area contributed by atoms with Gasteiger partial charge in [-0.25, -0.2) is 0 Å². The molecule has 17 heavy (non-hydrogen) atoms. The summed E-state index contributed by atoms with van der Waals surface area (Å²) < 4.78 is 4.97. The summed E-state index contributed by atoms with van der Waals surface area (Å²) in [6.07, 6.45) is -1.26. The summed E-state index contributed by atoms with van der Waals surface area (Å²) >= 11 is -0.881. The standard InChI is InChI=1S/C13H10O3S/c14-13(15)16-17(11-7-3-1-4-8-11)12-9-5-2-6-10-12/h1-10H/p+1. The lowest BCUT2D eigenvalue weighted by Gasteiger charge is -2.02. The number of hydrogen-bond acceptors (Lipinski definition) is 2. The third-order valence-electron chi connectivity index (χ3n) is 2.07. The molecule has 0 heterocycles. The SMILES string of the molecule is O=C(O)O[S+](c1ccccc1)c1ccccc1. The van der Waals surface area contributed by atoms with Crippen molar-refractivity contribution >= 4 is 17.3 Å². The Morgan fingerprint density at radius 3 is 1.65 bits per heavy atom. The second kappa shape index (κ2) is 5.41. The molecule has 0 saturated carbocycles. The van der Waals surface area contributed by atoms with E-state index in [0.717, 1.165) is 9.79 Å². The molecule has 0 aliphatic heterocycles. The van der Waals surface area contributed by atoms with Crippen LogP contribution in [0, 0.1) is 0 Å². The van der Waals surface area contributed by atoms with Crippen LogP contribution in [0.2, 0.25) is 0 Å². The molecule has 4 heteroatoms. The normalized spacial score (nSPS) is 10.2. The second-order valence-corrected chi connectivity index (χ2v) is 4.89. The number of carboxylic acid groups (broad SMARTS) is 1. The van der Waals surface area contributed by atoms with Crippen LogP contribution in [0.3, 0.4) is 0 Å². The van der Waals surface area contributed by atoms with Crippen LogP contribution in [0.15, 0.2) is 70.5 Å². The Hall–Kier alpha value is -1.94. The van der Waals surface area contributed by atoms with E-state index in [1.165, 1.54) is 0 Å². The number of hydrogen-bond donors (Lipinski definition) is 1. The van der Waals surface area contributed by atoms with Crippen LogP contribution in [-0.2, 0) is 15.4 Å². The van der Waals surface area contributed by atoms with Crippen molar-refractivity contribution in [1.82, 2.24) is 0 Å². The van der Waals surface area contributed by atoms with Crippen molar-refractivity contribution in [1.29, 1.82) is 0 Å².